The van der Waals surface area contributed by atoms with Crippen molar-refractivity contribution in [1.82, 2.24) is 25.5 Å². The first-order valence-electron chi connectivity index (χ1n) is 11.3. The smallest absolute Gasteiger partial charge is 0.339 e. The Morgan fingerprint density at radius 3 is 2.63 bits per heavy atom. The number of H-pyrrole nitrogens is 2. The second kappa shape index (κ2) is 7.81. The van der Waals surface area contributed by atoms with Crippen molar-refractivity contribution in [2.24, 2.45) is 0 Å². The van der Waals surface area contributed by atoms with Crippen molar-refractivity contribution in [3.63, 3.8) is 0 Å². The zero-order valence-corrected chi connectivity index (χ0v) is 18.8. The predicted octanol–water partition coefficient (Wildman–Crippen LogP) is 2.74. The number of anilines is 1. The third-order valence-electron chi connectivity index (χ3n) is 6.61. The molecule has 4 heterocycles. The number of nitrogens with one attached hydrogen (secondary N) is 3. The van der Waals surface area contributed by atoms with Gasteiger partial charge in [0.2, 0.25) is 0 Å². The molecule has 6 rings (SSSR count). The largest absolute Gasteiger partial charge is 0.507 e. The Kier molecular flexibility index (Phi) is 4.71. The molecule has 0 atom stereocenters. The molecule has 5 N–H and O–H groups in total. The number of aromatic nitrogens is 4. The Morgan fingerprint density at radius 2 is 1.86 bits per heavy atom. The van der Waals surface area contributed by atoms with Gasteiger partial charge in [0.25, 0.3) is 5.56 Å². The molecule has 176 valence electrons. The minimum absolute atomic E-state index is 0.270. The van der Waals surface area contributed by atoms with Gasteiger partial charge in [-0.05, 0) is 37.3 Å². The summed E-state index contributed by atoms with van der Waals surface area (Å²) in [4.78, 5) is 35.1. The molecule has 0 unspecified atom stereocenters. The van der Waals surface area contributed by atoms with E-state index in [0.717, 1.165) is 48.3 Å². The topological polar surface area (TPSA) is 147 Å². The number of hydrogen-bond acceptors (Lipinski definition) is 7. The van der Waals surface area contributed by atoms with Crippen LogP contribution < -0.4 is 15.8 Å². The van der Waals surface area contributed by atoms with Crippen LogP contribution >= 0.6 is 0 Å². The number of aromatic amines is 2. The summed E-state index contributed by atoms with van der Waals surface area (Å²) in [6.07, 6.45) is 0. The lowest BCUT2D eigenvalue weighted by Gasteiger charge is -2.29. The normalized spacial score (nSPS) is 14.3. The number of carboxylic acid groups (broad SMARTS) is 1. The number of hydrogen-bond donors (Lipinski definition) is 5. The number of pyridine rings is 2. The van der Waals surface area contributed by atoms with Gasteiger partial charge in [0.15, 0.2) is 5.65 Å². The van der Waals surface area contributed by atoms with Crippen molar-refractivity contribution >= 4 is 44.4 Å². The van der Waals surface area contributed by atoms with Crippen molar-refractivity contribution in [1.29, 1.82) is 0 Å². The molecule has 35 heavy (non-hydrogen) atoms. The van der Waals surface area contributed by atoms with Crippen molar-refractivity contribution in [2.75, 3.05) is 31.1 Å². The van der Waals surface area contributed by atoms with Gasteiger partial charge in [-0.2, -0.15) is 5.10 Å². The highest BCUT2D eigenvalue weighted by Gasteiger charge is 2.22. The highest BCUT2D eigenvalue weighted by Crippen LogP contribution is 2.37. The molecule has 3 aromatic heterocycles. The van der Waals surface area contributed by atoms with Gasteiger partial charge < -0.3 is 25.4 Å². The zero-order valence-electron chi connectivity index (χ0n) is 18.8. The summed E-state index contributed by atoms with van der Waals surface area (Å²) >= 11 is 0. The number of aromatic carboxylic acids is 1. The summed E-state index contributed by atoms with van der Waals surface area (Å²) in [6.45, 7) is 5.45. The molecule has 0 spiro atoms. The third kappa shape index (κ3) is 3.29. The maximum Gasteiger partial charge on any atom is 0.339 e. The maximum atomic E-state index is 13.5. The highest BCUT2D eigenvalue weighted by atomic mass is 16.4. The predicted molar refractivity (Wildman–Crippen MR) is 133 cm³/mol. The van der Waals surface area contributed by atoms with E-state index in [4.69, 9.17) is 0 Å². The summed E-state index contributed by atoms with van der Waals surface area (Å²) in [7, 11) is 0. The van der Waals surface area contributed by atoms with Crippen LogP contribution in [0, 0.1) is 6.92 Å². The molecule has 1 aliphatic rings. The summed E-state index contributed by atoms with van der Waals surface area (Å²) in [5.41, 5.74) is 3.04. The van der Waals surface area contributed by atoms with Crippen LogP contribution in [0.25, 0.3) is 44.0 Å². The van der Waals surface area contributed by atoms with E-state index in [-0.39, 0.29) is 16.9 Å². The number of fused-ring (bicyclic) bond motifs is 5. The fourth-order valence-corrected chi connectivity index (χ4v) is 4.91. The molecule has 1 fully saturated rings. The Hall–Kier alpha value is -4.44. The average Bonchev–Trinajstić information content (AvgIpc) is 3.24. The molecule has 0 radical (unpaired) electrons. The van der Waals surface area contributed by atoms with Crippen molar-refractivity contribution in [3.8, 4) is 17.0 Å². The van der Waals surface area contributed by atoms with E-state index >= 15 is 0 Å². The number of benzene rings is 2. The van der Waals surface area contributed by atoms with E-state index in [1.165, 1.54) is 12.1 Å². The summed E-state index contributed by atoms with van der Waals surface area (Å²) < 4.78 is 0. The van der Waals surface area contributed by atoms with Crippen molar-refractivity contribution < 1.29 is 15.0 Å². The lowest BCUT2D eigenvalue weighted by Crippen LogP contribution is -2.43. The second-order valence-corrected chi connectivity index (χ2v) is 8.72. The Bertz CT molecular complexity index is 1720. The minimum Gasteiger partial charge on any atom is -0.507 e. The molecule has 10 nitrogen and oxygen atoms in total. The maximum absolute atomic E-state index is 13.5. The first-order chi connectivity index (χ1) is 16.9. The highest BCUT2D eigenvalue weighted by molar-refractivity contribution is 6.21. The summed E-state index contributed by atoms with van der Waals surface area (Å²) in [6, 6.07) is 10.2. The fraction of sp³-hybridized carbons (Fsp3) is 0.200. The van der Waals surface area contributed by atoms with Crippen LogP contribution in [0.2, 0.25) is 0 Å². The number of aromatic hydroxyl groups is 1. The van der Waals surface area contributed by atoms with Crippen LogP contribution in [-0.4, -0.2) is 62.5 Å². The number of carboxylic acids is 1. The molecular formula is C25H22N6O4. The van der Waals surface area contributed by atoms with Gasteiger partial charge in [-0.15, -0.1) is 0 Å². The Morgan fingerprint density at radius 1 is 1.06 bits per heavy atom. The van der Waals surface area contributed by atoms with Crippen LogP contribution in [0.3, 0.4) is 0 Å². The van der Waals surface area contributed by atoms with Gasteiger partial charge in [-0.1, -0.05) is 6.07 Å². The van der Waals surface area contributed by atoms with Crippen LogP contribution in [0.4, 0.5) is 5.69 Å². The fourth-order valence-electron chi connectivity index (χ4n) is 4.91. The lowest BCUT2D eigenvalue weighted by atomic mass is 9.97. The van der Waals surface area contributed by atoms with E-state index < -0.39 is 5.97 Å². The van der Waals surface area contributed by atoms with E-state index in [9.17, 15) is 19.8 Å². The molecule has 1 saturated heterocycles. The summed E-state index contributed by atoms with van der Waals surface area (Å²) in [5.74, 6) is -1.63. The number of carbonyl (C=O) groups is 1. The standard InChI is InChI=1S/C25H22N6O4/c1-12-19-20-15-4-3-14(31-8-6-26-7-9-31)11-17(15)27-24(33)21(20)22(28-23(19)30-29-12)13-2-5-18(32)16(10-13)25(34)35/h2-5,10-11,26,32H,6-9H2,1H3,(H,27,33)(H,34,35)(H,28,29,30). The average molecular weight is 470 g/mol. The third-order valence-corrected chi connectivity index (χ3v) is 6.61. The van der Waals surface area contributed by atoms with E-state index in [2.05, 4.69) is 36.4 Å². The van der Waals surface area contributed by atoms with Gasteiger partial charge in [0.05, 0.1) is 22.0 Å². The SMILES string of the molecule is Cc1[nH]nc2nc(-c3ccc(O)c(C(=O)O)c3)c3c(=O)[nH]c4cc(N5CCNCC5)ccc4c3c12. The van der Waals surface area contributed by atoms with Gasteiger partial charge >= 0.3 is 5.97 Å². The first-order valence-corrected chi connectivity index (χ1v) is 11.3. The molecule has 0 saturated carbocycles. The number of aryl methyl sites for hydroxylation is 1. The molecule has 10 heteroatoms. The number of rotatable bonds is 3. The summed E-state index contributed by atoms with van der Waals surface area (Å²) in [5, 5.41) is 32.7. The Labute approximate surface area is 198 Å². The van der Waals surface area contributed by atoms with Gasteiger partial charge in [-0.25, -0.2) is 9.78 Å². The van der Waals surface area contributed by atoms with E-state index in [1.54, 1.807) is 6.07 Å². The van der Waals surface area contributed by atoms with Crippen LogP contribution in [0.15, 0.2) is 41.2 Å². The quantitative estimate of drug-likeness (QED) is 0.253. The van der Waals surface area contributed by atoms with Crippen LogP contribution in [-0.2, 0) is 0 Å². The second-order valence-electron chi connectivity index (χ2n) is 8.72. The number of phenols is 1. The lowest BCUT2D eigenvalue weighted by molar-refractivity contribution is 0.0694. The zero-order chi connectivity index (χ0) is 24.3. The van der Waals surface area contributed by atoms with Gasteiger partial charge in [0.1, 0.15) is 11.3 Å². The first kappa shape index (κ1) is 21.1. The van der Waals surface area contributed by atoms with E-state index in [0.29, 0.717) is 33.2 Å². The van der Waals surface area contributed by atoms with Crippen LogP contribution in [0.5, 0.6) is 5.75 Å². The van der Waals surface area contributed by atoms with Gasteiger partial charge in [-0.3, -0.25) is 9.89 Å². The number of piperazine rings is 1. The molecular weight excluding hydrogens is 448 g/mol. The van der Waals surface area contributed by atoms with Gasteiger partial charge in [0, 0.05) is 53.9 Å². The van der Waals surface area contributed by atoms with E-state index in [1.807, 2.05) is 19.1 Å². The van der Waals surface area contributed by atoms with Crippen molar-refractivity contribution in [3.05, 3.63) is 58.0 Å². The molecule has 0 amide bonds. The van der Waals surface area contributed by atoms with Crippen molar-refractivity contribution in [2.45, 2.75) is 6.92 Å². The van der Waals surface area contributed by atoms with Crippen LogP contribution in [0.1, 0.15) is 16.1 Å². The molecule has 1 aliphatic heterocycles. The monoisotopic (exact) mass is 470 g/mol. The minimum atomic E-state index is -1.27. The molecule has 5 aromatic rings. The molecule has 2 aromatic carbocycles. The molecule has 0 aliphatic carbocycles. The number of nitrogens with zero attached hydrogens (tertiary/aromatic N) is 3. The Balaban J connectivity index is 1.69. The molecule has 0 bridgehead atoms.